The maximum Gasteiger partial charge on any atom is 2.00 e. The fraction of sp³-hybridized carbons (Fsp3) is 0.250. The van der Waals surface area contributed by atoms with Gasteiger partial charge in [-0.1, -0.05) is 40.7 Å². The van der Waals surface area contributed by atoms with Crippen molar-refractivity contribution in [2.24, 2.45) is 0 Å². The Morgan fingerprint density at radius 1 is 0.719 bits per heavy atom. The first-order valence-electron chi connectivity index (χ1n) is 10.5. The molecule has 4 heteroatoms. The zero-order chi connectivity index (χ0) is 22.1. The smallest absolute Gasteiger partial charge is 0.291 e. The van der Waals surface area contributed by atoms with E-state index in [1.165, 1.54) is 5.56 Å². The Bertz CT molecular complexity index is 1190. The predicted octanol–water partition coefficient (Wildman–Crippen LogP) is 6.43. The Labute approximate surface area is 205 Å². The Balaban J connectivity index is 0.00000289. The van der Waals surface area contributed by atoms with Crippen LogP contribution in [0.15, 0.2) is 73.1 Å². The quantitative estimate of drug-likeness (QED) is 0.254. The van der Waals surface area contributed by atoms with Crippen LogP contribution in [0.25, 0.3) is 22.6 Å². The molecule has 0 aliphatic rings. The van der Waals surface area contributed by atoms with Crippen LogP contribution < -0.4 is 0 Å². The summed E-state index contributed by atoms with van der Waals surface area (Å²) in [6.07, 6.45) is 3.52. The normalized spacial score (nSPS) is 11.7. The monoisotopic (exact) mass is 600 g/mol. The number of hydrogen-bond donors (Lipinski definition) is 0. The van der Waals surface area contributed by atoms with E-state index < -0.39 is 0 Å². The van der Waals surface area contributed by atoms with Gasteiger partial charge in [0.1, 0.15) is 0 Å². The number of nitrogens with zero attached hydrogens (tertiary/aromatic N) is 3. The summed E-state index contributed by atoms with van der Waals surface area (Å²) in [7, 11) is 0. The van der Waals surface area contributed by atoms with E-state index in [1.807, 2.05) is 42.5 Å². The first-order chi connectivity index (χ1) is 14.7. The average molecular weight is 601 g/mol. The van der Waals surface area contributed by atoms with Crippen LogP contribution in [0, 0.1) is 12.1 Å². The molecule has 0 aliphatic heterocycles. The minimum atomic E-state index is -0.296. The van der Waals surface area contributed by atoms with Gasteiger partial charge in [0.05, 0.1) is 17.6 Å². The zero-order valence-electron chi connectivity index (χ0n) is 19.1. The minimum Gasteiger partial charge on any atom is -0.291 e. The molecule has 4 rings (SSSR count). The topological polar surface area (TPSA) is 38.7 Å². The summed E-state index contributed by atoms with van der Waals surface area (Å²) >= 11 is 0. The van der Waals surface area contributed by atoms with E-state index >= 15 is 0 Å². The van der Waals surface area contributed by atoms with Crippen molar-refractivity contribution >= 4 is 0 Å². The second kappa shape index (κ2) is 9.46. The van der Waals surface area contributed by atoms with Gasteiger partial charge in [-0.2, -0.15) is 35.4 Å². The first-order valence-corrected chi connectivity index (χ1v) is 10.5. The number of hydrogen-bond acceptors (Lipinski definition) is 3. The predicted molar refractivity (Wildman–Crippen MR) is 126 cm³/mol. The molecular formula is C28H27N3Pt. The Morgan fingerprint density at radius 3 is 2.22 bits per heavy atom. The molecule has 0 amide bonds. The van der Waals surface area contributed by atoms with Crippen LogP contribution >= 0.6 is 0 Å². The Kier molecular flexibility index (Phi) is 7.10. The van der Waals surface area contributed by atoms with Crippen LogP contribution in [0.5, 0.6) is 0 Å². The van der Waals surface area contributed by atoms with Gasteiger partial charge in [-0.05, 0) is 17.5 Å². The molecule has 3 nitrogen and oxygen atoms in total. The van der Waals surface area contributed by atoms with E-state index in [0.717, 1.165) is 33.9 Å². The maximum atomic E-state index is 4.98. The summed E-state index contributed by atoms with van der Waals surface area (Å²) in [4.78, 5) is 14.2. The molecule has 164 valence electrons. The number of rotatable bonds is 4. The third kappa shape index (κ3) is 5.05. The van der Waals surface area contributed by atoms with Gasteiger partial charge in [0, 0.05) is 23.0 Å². The van der Waals surface area contributed by atoms with Crippen molar-refractivity contribution in [2.45, 2.75) is 45.4 Å². The first kappa shape index (κ1) is 24.0. The molecule has 0 bridgehead atoms. The number of pyridine rings is 1. The number of aromatic nitrogens is 3. The van der Waals surface area contributed by atoms with Crippen LogP contribution in [0.4, 0.5) is 0 Å². The standard InChI is InChI=1S/C28H27N3.Pt/c1-27(2,3)21-13-9-14-22(17-21)28(4,5)26-16-10-15-23(31-26)25-19-29-18-24(30-25)20-11-7-6-8-12-20;/h6-11,13,15-19H,1-5H3;/q-2;+2. The second-order valence-corrected chi connectivity index (χ2v) is 9.34. The molecular weight excluding hydrogens is 573 g/mol. The molecule has 0 atom stereocenters. The van der Waals surface area contributed by atoms with E-state index in [1.54, 1.807) is 12.4 Å². The van der Waals surface area contributed by atoms with Gasteiger partial charge in [0.2, 0.25) is 0 Å². The van der Waals surface area contributed by atoms with E-state index in [9.17, 15) is 0 Å². The second-order valence-electron chi connectivity index (χ2n) is 9.34. The van der Waals surface area contributed by atoms with Crippen molar-refractivity contribution in [1.82, 2.24) is 15.0 Å². The van der Waals surface area contributed by atoms with Crippen molar-refractivity contribution in [3.8, 4) is 22.6 Å². The van der Waals surface area contributed by atoms with Crippen molar-refractivity contribution in [1.29, 1.82) is 0 Å². The van der Waals surface area contributed by atoms with Crippen LogP contribution in [-0.2, 0) is 31.9 Å². The van der Waals surface area contributed by atoms with Gasteiger partial charge in [-0.25, -0.2) is 0 Å². The van der Waals surface area contributed by atoms with Gasteiger partial charge in [-0.3, -0.25) is 15.0 Å². The zero-order valence-corrected chi connectivity index (χ0v) is 21.4. The molecule has 0 fully saturated rings. The number of benzene rings is 2. The fourth-order valence-corrected chi connectivity index (χ4v) is 3.53. The van der Waals surface area contributed by atoms with E-state index in [4.69, 9.17) is 9.97 Å². The van der Waals surface area contributed by atoms with Crippen LogP contribution in [0.1, 0.15) is 51.4 Å². The van der Waals surface area contributed by atoms with E-state index in [0.29, 0.717) is 0 Å². The average Bonchev–Trinajstić information content (AvgIpc) is 2.79. The van der Waals surface area contributed by atoms with E-state index in [-0.39, 0.29) is 31.9 Å². The van der Waals surface area contributed by atoms with Gasteiger partial charge < -0.3 is 0 Å². The van der Waals surface area contributed by atoms with Crippen LogP contribution in [0.2, 0.25) is 0 Å². The fourth-order valence-electron chi connectivity index (χ4n) is 3.53. The molecule has 2 aromatic carbocycles. The summed E-state index contributed by atoms with van der Waals surface area (Å²) in [5.41, 5.74) is 6.45. The van der Waals surface area contributed by atoms with Crippen LogP contribution in [0.3, 0.4) is 0 Å². The Hall–Kier alpha value is -2.64. The van der Waals surface area contributed by atoms with Crippen molar-refractivity contribution in [2.75, 3.05) is 0 Å². The summed E-state index contributed by atoms with van der Waals surface area (Å²) in [6, 6.07) is 26.9. The molecule has 0 aliphatic carbocycles. The summed E-state index contributed by atoms with van der Waals surface area (Å²) < 4.78 is 0. The molecule has 0 spiro atoms. The molecule has 2 aromatic heterocycles. The molecule has 0 radical (unpaired) electrons. The van der Waals surface area contributed by atoms with Gasteiger partial charge in [-0.15, -0.1) is 35.9 Å². The molecule has 0 unspecified atom stereocenters. The summed E-state index contributed by atoms with van der Waals surface area (Å²) in [6.45, 7) is 11.1. The molecule has 4 aromatic rings. The third-order valence-electron chi connectivity index (χ3n) is 5.61. The molecule has 0 saturated heterocycles. The molecule has 0 N–H and O–H groups in total. The van der Waals surface area contributed by atoms with Crippen molar-refractivity contribution in [3.05, 3.63) is 102 Å². The third-order valence-corrected chi connectivity index (χ3v) is 5.61. The van der Waals surface area contributed by atoms with Gasteiger partial charge in [0.25, 0.3) is 0 Å². The molecule has 0 saturated carbocycles. The molecule has 32 heavy (non-hydrogen) atoms. The largest absolute Gasteiger partial charge is 2.00 e. The van der Waals surface area contributed by atoms with Crippen molar-refractivity contribution in [3.63, 3.8) is 0 Å². The van der Waals surface area contributed by atoms with Crippen molar-refractivity contribution < 1.29 is 21.1 Å². The SMILES string of the molecule is CC(C)(C)c1cc[c-]c(C(C)(C)c2cccc(-c3cncc(-c4[c-]cccc4)n3)n2)c1.[Pt+2]. The van der Waals surface area contributed by atoms with Gasteiger partial charge >= 0.3 is 21.1 Å². The maximum absolute atomic E-state index is 4.98. The van der Waals surface area contributed by atoms with Gasteiger partial charge in [0.15, 0.2) is 0 Å². The summed E-state index contributed by atoms with van der Waals surface area (Å²) in [5.74, 6) is 0. The van der Waals surface area contributed by atoms with Crippen LogP contribution in [-0.4, -0.2) is 15.0 Å². The Morgan fingerprint density at radius 2 is 1.50 bits per heavy atom. The molecule has 2 heterocycles. The minimum absolute atomic E-state index is 0. The summed E-state index contributed by atoms with van der Waals surface area (Å²) in [5, 5.41) is 0. The van der Waals surface area contributed by atoms with E-state index in [2.05, 4.69) is 69.9 Å².